The molecule has 0 aliphatic carbocycles. The van der Waals surface area contributed by atoms with Crippen molar-refractivity contribution in [3.63, 3.8) is 0 Å². The average molecular weight is 234 g/mol. The maximum absolute atomic E-state index is 6.09. The van der Waals surface area contributed by atoms with Crippen LogP contribution < -0.4 is 10.5 Å². The van der Waals surface area contributed by atoms with Crippen LogP contribution in [0, 0.1) is 13.8 Å². The Balaban J connectivity index is 3.45. The van der Waals surface area contributed by atoms with Crippen molar-refractivity contribution >= 4 is 23.2 Å². The average Bonchev–Trinajstić information content (AvgIpc) is 2.12. The first-order chi connectivity index (χ1) is 6.49. The van der Waals surface area contributed by atoms with Crippen molar-refractivity contribution in [1.82, 2.24) is 0 Å². The molecule has 14 heavy (non-hydrogen) atoms. The van der Waals surface area contributed by atoms with Crippen molar-refractivity contribution in [2.75, 3.05) is 7.11 Å². The number of ether oxygens (including phenoxy) is 1. The van der Waals surface area contributed by atoms with E-state index in [1.54, 1.807) is 7.11 Å². The molecule has 0 aromatic heterocycles. The predicted molar refractivity (Wildman–Crippen MR) is 60.3 cm³/mol. The fourth-order valence-electron chi connectivity index (χ4n) is 1.45. The highest BCUT2D eigenvalue weighted by molar-refractivity contribution is 6.32. The number of aryl methyl sites for hydroxylation is 1. The van der Waals surface area contributed by atoms with Gasteiger partial charge in [-0.05, 0) is 31.0 Å². The Bertz CT molecular complexity index is 350. The van der Waals surface area contributed by atoms with Crippen LogP contribution in [-0.2, 0) is 0 Å². The van der Waals surface area contributed by atoms with Crippen molar-refractivity contribution in [1.29, 1.82) is 0 Å². The van der Waals surface area contributed by atoms with Crippen LogP contribution in [0.15, 0.2) is 6.07 Å². The van der Waals surface area contributed by atoms with Crippen molar-refractivity contribution in [3.8, 4) is 5.75 Å². The van der Waals surface area contributed by atoms with Gasteiger partial charge in [-0.1, -0.05) is 11.6 Å². The molecule has 2 nitrogen and oxygen atoms in total. The lowest BCUT2D eigenvalue weighted by molar-refractivity contribution is 0.408. The van der Waals surface area contributed by atoms with Crippen LogP contribution >= 0.6 is 23.2 Å². The molecule has 0 spiro atoms. The van der Waals surface area contributed by atoms with Gasteiger partial charge < -0.3 is 10.5 Å². The Kier molecular flexibility index (Phi) is 3.65. The van der Waals surface area contributed by atoms with E-state index in [0.29, 0.717) is 10.8 Å². The van der Waals surface area contributed by atoms with Crippen LogP contribution in [0.25, 0.3) is 0 Å². The summed E-state index contributed by atoms with van der Waals surface area (Å²) in [6.07, 6.45) is 0. The molecule has 0 radical (unpaired) electrons. The van der Waals surface area contributed by atoms with Crippen LogP contribution in [0.1, 0.15) is 22.2 Å². The lowest BCUT2D eigenvalue weighted by Gasteiger charge is -2.16. The third-order valence-electron chi connectivity index (χ3n) is 2.19. The summed E-state index contributed by atoms with van der Waals surface area (Å²) in [7, 11) is 1.59. The molecule has 78 valence electrons. The fourth-order valence-corrected chi connectivity index (χ4v) is 1.88. The number of hydrogen-bond acceptors (Lipinski definition) is 2. The summed E-state index contributed by atoms with van der Waals surface area (Å²) in [6.45, 7) is 3.80. The second-order valence-electron chi connectivity index (χ2n) is 3.15. The number of benzene rings is 1. The van der Waals surface area contributed by atoms with Crippen LogP contribution in [0.5, 0.6) is 5.75 Å². The van der Waals surface area contributed by atoms with Gasteiger partial charge in [0.15, 0.2) is 0 Å². The highest BCUT2D eigenvalue weighted by atomic mass is 35.5. The van der Waals surface area contributed by atoms with Crippen molar-refractivity contribution < 1.29 is 4.74 Å². The molecule has 0 aliphatic heterocycles. The second kappa shape index (κ2) is 4.39. The quantitative estimate of drug-likeness (QED) is 0.630. The predicted octanol–water partition coefficient (Wildman–Crippen LogP) is 3.16. The molecule has 1 unspecified atom stereocenters. The van der Waals surface area contributed by atoms with Crippen molar-refractivity contribution in [3.05, 3.63) is 27.8 Å². The Morgan fingerprint density at radius 3 is 2.43 bits per heavy atom. The second-order valence-corrected chi connectivity index (χ2v) is 4.00. The smallest absolute Gasteiger partial charge is 0.125 e. The Morgan fingerprint density at radius 2 is 2.00 bits per heavy atom. The lowest BCUT2D eigenvalue weighted by Crippen LogP contribution is -2.07. The standard InChI is InChI=1S/C10H13Cl2NO/c1-5-4-7(14-3)8(10(12)13)6(2)9(5)11/h4,10H,13H2,1-3H3. The summed E-state index contributed by atoms with van der Waals surface area (Å²) in [4.78, 5) is 0. The monoisotopic (exact) mass is 233 g/mol. The first kappa shape index (κ1) is 11.6. The minimum atomic E-state index is -0.594. The van der Waals surface area contributed by atoms with E-state index in [0.717, 1.165) is 16.7 Å². The summed E-state index contributed by atoms with van der Waals surface area (Å²) < 4.78 is 5.20. The molecule has 0 saturated heterocycles. The number of rotatable bonds is 2. The molecule has 0 aliphatic rings. The van der Waals surface area contributed by atoms with Gasteiger partial charge >= 0.3 is 0 Å². The highest BCUT2D eigenvalue weighted by Gasteiger charge is 2.16. The summed E-state index contributed by atoms with van der Waals surface area (Å²) in [5, 5.41) is 0.692. The third-order valence-corrected chi connectivity index (χ3v) is 2.99. The topological polar surface area (TPSA) is 35.2 Å². The molecule has 1 aromatic rings. The number of nitrogens with two attached hydrogens (primary N) is 1. The third kappa shape index (κ3) is 1.97. The zero-order chi connectivity index (χ0) is 10.9. The largest absolute Gasteiger partial charge is 0.496 e. The Hall–Kier alpha value is -0.440. The van der Waals surface area contributed by atoms with Gasteiger partial charge in [0, 0.05) is 10.6 Å². The molecule has 1 atom stereocenters. The first-order valence-electron chi connectivity index (χ1n) is 4.22. The summed E-state index contributed by atoms with van der Waals surface area (Å²) >= 11 is 11.9. The van der Waals surface area contributed by atoms with E-state index >= 15 is 0 Å². The number of methoxy groups -OCH3 is 1. The number of alkyl halides is 1. The zero-order valence-electron chi connectivity index (χ0n) is 8.40. The van der Waals surface area contributed by atoms with Gasteiger partial charge in [-0.25, -0.2) is 0 Å². The van der Waals surface area contributed by atoms with Gasteiger partial charge in [0.25, 0.3) is 0 Å². The maximum Gasteiger partial charge on any atom is 0.125 e. The van der Waals surface area contributed by atoms with Crippen molar-refractivity contribution in [2.45, 2.75) is 19.3 Å². The van der Waals surface area contributed by atoms with Crippen LogP contribution in [0.3, 0.4) is 0 Å². The van der Waals surface area contributed by atoms with Gasteiger partial charge in [-0.15, -0.1) is 11.6 Å². The van der Waals surface area contributed by atoms with Crippen LogP contribution in [-0.4, -0.2) is 7.11 Å². The molecule has 0 saturated carbocycles. The number of hydrogen-bond donors (Lipinski definition) is 1. The Morgan fingerprint density at radius 1 is 1.43 bits per heavy atom. The van der Waals surface area contributed by atoms with Gasteiger partial charge in [-0.2, -0.15) is 0 Å². The van der Waals surface area contributed by atoms with Gasteiger partial charge in [-0.3, -0.25) is 0 Å². The van der Waals surface area contributed by atoms with Gasteiger partial charge in [0.1, 0.15) is 11.3 Å². The molecule has 2 N–H and O–H groups in total. The van der Waals surface area contributed by atoms with E-state index in [9.17, 15) is 0 Å². The molecule has 0 heterocycles. The van der Waals surface area contributed by atoms with E-state index in [-0.39, 0.29) is 0 Å². The maximum atomic E-state index is 6.09. The number of halogens is 2. The van der Waals surface area contributed by atoms with E-state index < -0.39 is 5.50 Å². The zero-order valence-corrected chi connectivity index (χ0v) is 9.91. The van der Waals surface area contributed by atoms with Gasteiger partial charge in [0.05, 0.1) is 7.11 Å². The summed E-state index contributed by atoms with van der Waals surface area (Å²) in [6, 6.07) is 1.84. The van der Waals surface area contributed by atoms with E-state index in [1.165, 1.54) is 0 Å². The molecule has 1 aromatic carbocycles. The molecule has 0 amide bonds. The first-order valence-corrected chi connectivity index (χ1v) is 5.03. The van der Waals surface area contributed by atoms with Gasteiger partial charge in [0.2, 0.25) is 0 Å². The molecule has 0 fully saturated rings. The molecular weight excluding hydrogens is 221 g/mol. The van der Waals surface area contributed by atoms with E-state index in [2.05, 4.69) is 0 Å². The molecule has 4 heteroatoms. The SMILES string of the molecule is COc1cc(C)c(Cl)c(C)c1C(N)Cl. The summed E-state index contributed by atoms with van der Waals surface area (Å²) in [5.74, 6) is 0.687. The highest BCUT2D eigenvalue weighted by Crippen LogP contribution is 2.35. The summed E-state index contributed by atoms with van der Waals surface area (Å²) in [5.41, 5.74) is 7.64. The lowest BCUT2D eigenvalue weighted by atomic mass is 10.0. The van der Waals surface area contributed by atoms with Crippen molar-refractivity contribution in [2.24, 2.45) is 5.73 Å². The Labute approximate surface area is 94.0 Å². The molecular formula is C10H13Cl2NO. The molecule has 1 rings (SSSR count). The fraction of sp³-hybridized carbons (Fsp3) is 0.400. The normalized spacial score (nSPS) is 12.7. The van der Waals surface area contributed by atoms with Crippen LogP contribution in [0.4, 0.5) is 0 Å². The minimum absolute atomic E-state index is 0.594. The van der Waals surface area contributed by atoms with E-state index in [4.69, 9.17) is 33.7 Å². The molecule has 0 bridgehead atoms. The minimum Gasteiger partial charge on any atom is -0.496 e. The van der Waals surface area contributed by atoms with Crippen LogP contribution in [0.2, 0.25) is 5.02 Å². The van der Waals surface area contributed by atoms with E-state index in [1.807, 2.05) is 19.9 Å².